The first-order chi connectivity index (χ1) is 11.2. The molecule has 2 aromatic rings. The van der Waals surface area contributed by atoms with E-state index in [4.69, 9.17) is 4.74 Å². The van der Waals surface area contributed by atoms with Crippen LogP contribution in [0.3, 0.4) is 0 Å². The first-order valence-electron chi connectivity index (χ1n) is 8.34. The predicted octanol–water partition coefficient (Wildman–Crippen LogP) is 2.43. The lowest BCUT2D eigenvalue weighted by Gasteiger charge is -2.30. The molecule has 0 saturated carbocycles. The highest BCUT2D eigenvalue weighted by Gasteiger charge is 2.22. The summed E-state index contributed by atoms with van der Waals surface area (Å²) in [5, 5.41) is 0. The second-order valence-electron chi connectivity index (χ2n) is 6.24. The van der Waals surface area contributed by atoms with Crippen LogP contribution in [0.15, 0.2) is 12.3 Å². The number of aryl methyl sites for hydroxylation is 1. The molecule has 0 unspecified atom stereocenters. The van der Waals surface area contributed by atoms with Gasteiger partial charge in [-0.1, -0.05) is 0 Å². The smallest absolute Gasteiger partial charge is 0.306 e. The van der Waals surface area contributed by atoms with Crippen molar-refractivity contribution in [1.82, 2.24) is 19.9 Å². The molecule has 0 radical (unpaired) electrons. The van der Waals surface area contributed by atoms with Crippen LogP contribution in [-0.2, 0) is 16.1 Å². The monoisotopic (exact) mass is 316 g/mol. The van der Waals surface area contributed by atoms with E-state index in [1.165, 1.54) is 5.56 Å². The quantitative estimate of drug-likeness (QED) is 0.858. The third kappa shape index (κ3) is 3.88. The first kappa shape index (κ1) is 15.9. The summed E-state index contributed by atoms with van der Waals surface area (Å²) in [4.78, 5) is 26.2. The number of piperidine rings is 1. The SMILES string of the molecule is CCOC(=O)CC1CCN(Cc2nc3nccc(C)c3[nH]2)CC1. The Labute approximate surface area is 136 Å². The van der Waals surface area contributed by atoms with Gasteiger partial charge in [-0.25, -0.2) is 9.97 Å². The van der Waals surface area contributed by atoms with Gasteiger partial charge >= 0.3 is 5.97 Å². The molecule has 1 aliphatic rings. The van der Waals surface area contributed by atoms with Crippen LogP contribution >= 0.6 is 0 Å². The minimum atomic E-state index is -0.0650. The molecule has 3 rings (SSSR count). The van der Waals surface area contributed by atoms with Gasteiger partial charge in [-0.15, -0.1) is 0 Å². The van der Waals surface area contributed by atoms with Crippen molar-refractivity contribution in [3.63, 3.8) is 0 Å². The van der Waals surface area contributed by atoms with E-state index in [1.807, 2.05) is 13.0 Å². The van der Waals surface area contributed by atoms with Crippen molar-refractivity contribution >= 4 is 17.1 Å². The number of hydrogen-bond donors (Lipinski definition) is 1. The average Bonchev–Trinajstić information content (AvgIpc) is 2.93. The summed E-state index contributed by atoms with van der Waals surface area (Å²) < 4.78 is 5.04. The van der Waals surface area contributed by atoms with Gasteiger partial charge in [-0.2, -0.15) is 0 Å². The number of imidazole rings is 1. The zero-order valence-corrected chi connectivity index (χ0v) is 13.8. The molecule has 1 saturated heterocycles. The zero-order chi connectivity index (χ0) is 16.2. The maximum absolute atomic E-state index is 11.6. The van der Waals surface area contributed by atoms with Crippen molar-refractivity contribution in [3.8, 4) is 0 Å². The summed E-state index contributed by atoms with van der Waals surface area (Å²) in [6.45, 7) is 7.18. The number of H-pyrrole nitrogens is 1. The normalized spacial score (nSPS) is 16.8. The highest BCUT2D eigenvalue weighted by molar-refractivity contribution is 5.74. The van der Waals surface area contributed by atoms with Crippen LogP contribution in [0.25, 0.3) is 11.2 Å². The number of aromatic nitrogens is 3. The van der Waals surface area contributed by atoms with Gasteiger partial charge in [0, 0.05) is 12.6 Å². The highest BCUT2D eigenvalue weighted by atomic mass is 16.5. The average molecular weight is 316 g/mol. The number of rotatable bonds is 5. The second-order valence-corrected chi connectivity index (χ2v) is 6.24. The molecule has 0 amide bonds. The van der Waals surface area contributed by atoms with E-state index in [0.717, 1.165) is 49.5 Å². The number of fused-ring (bicyclic) bond motifs is 1. The number of pyridine rings is 1. The van der Waals surface area contributed by atoms with Gasteiger partial charge in [-0.3, -0.25) is 9.69 Å². The molecule has 0 aromatic carbocycles. The first-order valence-corrected chi connectivity index (χ1v) is 8.34. The maximum atomic E-state index is 11.6. The van der Waals surface area contributed by atoms with Crippen LogP contribution in [0.5, 0.6) is 0 Å². The van der Waals surface area contributed by atoms with Crippen molar-refractivity contribution in [2.75, 3.05) is 19.7 Å². The van der Waals surface area contributed by atoms with E-state index in [9.17, 15) is 4.79 Å². The van der Waals surface area contributed by atoms with E-state index in [1.54, 1.807) is 6.20 Å². The topological polar surface area (TPSA) is 71.1 Å². The van der Waals surface area contributed by atoms with Gasteiger partial charge in [0.15, 0.2) is 5.65 Å². The van der Waals surface area contributed by atoms with E-state index in [-0.39, 0.29) is 5.97 Å². The lowest BCUT2D eigenvalue weighted by molar-refractivity contribution is -0.144. The van der Waals surface area contributed by atoms with Crippen LogP contribution in [0.2, 0.25) is 0 Å². The molecule has 6 heteroatoms. The number of likely N-dealkylation sites (tertiary alicyclic amines) is 1. The predicted molar refractivity (Wildman–Crippen MR) is 87.9 cm³/mol. The molecule has 6 nitrogen and oxygen atoms in total. The standard InChI is InChI=1S/C17H24N4O2/c1-3-23-15(22)10-13-5-8-21(9-6-13)11-14-19-16-12(2)4-7-18-17(16)20-14/h4,7,13H,3,5-6,8-11H2,1-2H3,(H,18,19,20). The fourth-order valence-corrected chi connectivity index (χ4v) is 3.17. The van der Waals surface area contributed by atoms with E-state index < -0.39 is 0 Å². The Hall–Kier alpha value is -1.95. The van der Waals surface area contributed by atoms with Crippen molar-refractivity contribution in [3.05, 3.63) is 23.7 Å². The minimum Gasteiger partial charge on any atom is -0.466 e. The summed E-state index contributed by atoms with van der Waals surface area (Å²) in [5.41, 5.74) is 2.98. The maximum Gasteiger partial charge on any atom is 0.306 e. The van der Waals surface area contributed by atoms with Crippen LogP contribution in [0.1, 0.15) is 37.6 Å². The molecule has 0 aliphatic carbocycles. The Morgan fingerprint density at radius 3 is 2.91 bits per heavy atom. The lowest BCUT2D eigenvalue weighted by Crippen LogP contribution is -2.34. The Morgan fingerprint density at radius 2 is 2.22 bits per heavy atom. The van der Waals surface area contributed by atoms with Crippen molar-refractivity contribution < 1.29 is 9.53 Å². The summed E-state index contributed by atoms with van der Waals surface area (Å²) in [6, 6.07) is 1.99. The van der Waals surface area contributed by atoms with Crippen LogP contribution in [0.4, 0.5) is 0 Å². The molecule has 0 spiro atoms. The molecular weight excluding hydrogens is 292 g/mol. The lowest BCUT2D eigenvalue weighted by atomic mass is 9.93. The Kier molecular flexibility index (Phi) is 4.91. The number of carbonyl (C=O) groups is 1. The summed E-state index contributed by atoms with van der Waals surface area (Å²) in [6.07, 6.45) is 4.42. The summed E-state index contributed by atoms with van der Waals surface area (Å²) in [7, 11) is 0. The molecule has 1 N–H and O–H groups in total. The number of carbonyl (C=O) groups excluding carboxylic acids is 1. The highest BCUT2D eigenvalue weighted by Crippen LogP contribution is 2.22. The third-order valence-corrected chi connectivity index (χ3v) is 4.49. The van der Waals surface area contributed by atoms with Crippen molar-refractivity contribution in [1.29, 1.82) is 0 Å². The summed E-state index contributed by atoms with van der Waals surface area (Å²) in [5.74, 6) is 1.35. The van der Waals surface area contributed by atoms with Gasteiger partial charge in [0.2, 0.25) is 0 Å². The molecule has 2 aromatic heterocycles. The zero-order valence-electron chi connectivity index (χ0n) is 13.8. The number of nitrogens with zero attached hydrogens (tertiary/aromatic N) is 3. The Morgan fingerprint density at radius 1 is 1.43 bits per heavy atom. The van der Waals surface area contributed by atoms with Crippen LogP contribution in [-0.4, -0.2) is 45.5 Å². The third-order valence-electron chi connectivity index (χ3n) is 4.49. The van der Waals surface area contributed by atoms with Crippen molar-refractivity contribution in [2.45, 2.75) is 39.7 Å². The van der Waals surface area contributed by atoms with Gasteiger partial charge < -0.3 is 9.72 Å². The largest absolute Gasteiger partial charge is 0.466 e. The van der Waals surface area contributed by atoms with Crippen LogP contribution < -0.4 is 0 Å². The fraction of sp³-hybridized carbons (Fsp3) is 0.588. The van der Waals surface area contributed by atoms with Gasteiger partial charge in [0.05, 0.1) is 18.7 Å². The van der Waals surface area contributed by atoms with Gasteiger partial charge in [0.25, 0.3) is 0 Å². The second kappa shape index (κ2) is 7.08. The fourth-order valence-electron chi connectivity index (χ4n) is 3.17. The molecule has 3 heterocycles. The van der Waals surface area contributed by atoms with E-state index in [2.05, 4.69) is 26.8 Å². The number of ether oxygens (including phenoxy) is 1. The molecule has 1 fully saturated rings. The number of aromatic amines is 1. The molecule has 1 aliphatic heterocycles. The number of nitrogens with one attached hydrogen (secondary N) is 1. The molecule has 124 valence electrons. The minimum absolute atomic E-state index is 0.0650. The van der Waals surface area contributed by atoms with Crippen LogP contribution in [0, 0.1) is 12.8 Å². The number of hydrogen-bond acceptors (Lipinski definition) is 5. The molecular formula is C17H24N4O2. The van der Waals surface area contributed by atoms with Gasteiger partial charge in [-0.05, 0) is 57.3 Å². The Bertz CT molecular complexity index is 674. The number of esters is 1. The molecule has 0 bridgehead atoms. The van der Waals surface area contributed by atoms with E-state index in [0.29, 0.717) is 18.9 Å². The van der Waals surface area contributed by atoms with Crippen molar-refractivity contribution in [2.24, 2.45) is 5.92 Å². The van der Waals surface area contributed by atoms with E-state index >= 15 is 0 Å². The summed E-state index contributed by atoms with van der Waals surface area (Å²) >= 11 is 0. The molecule has 0 atom stereocenters. The molecule has 23 heavy (non-hydrogen) atoms. The van der Waals surface area contributed by atoms with Gasteiger partial charge in [0.1, 0.15) is 5.82 Å². The Balaban J connectivity index is 1.54.